The van der Waals surface area contributed by atoms with Crippen LogP contribution in [0.2, 0.25) is 0 Å². The molecule has 0 aromatic heterocycles. The SMILES string of the molecule is CN(C)c1ccc(CCCNC(=O)CNC(=O)c2ccc(N3CCCC3=O)cc2)cc1. The lowest BCUT2D eigenvalue weighted by Crippen LogP contribution is -2.37. The summed E-state index contributed by atoms with van der Waals surface area (Å²) in [6, 6.07) is 15.3. The summed E-state index contributed by atoms with van der Waals surface area (Å²) in [6.07, 6.45) is 3.14. The second-order valence-electron chi connectivity index (χ2n) is 7.89. The van der Waals surface area contributed by atoms with Gasteiger partial charge in [-0.1, -0.05) is 12.1 Å². The topological polar surface area (TPSA) is 81.8 Å². The molecule has 1 saturated heterocycles. The van der Waals surface area contributed by atoms with Gasteiger partial charge in [0.05, 0.1) is 6.54 Å². The van der Waals surface area contributed by atoms with Crippen molar-refractivity contribution in [3.05, 3.63) is 59.7 Å². The molecule has 1 aliphatic rings. The molecule has 0 unspecified atom stereocenters. The number of aryl methyl sites for hydroxylation is 1. The number of rotatable bonds is 9. The van der Waals surface area contributed by atoms with Crippen LogP contribution in [0.4, 0.5) is 11.4 Å². The zero-order chi connectivity index (χ0) is 22.2. The van der Waals surface area contributed by atoms with E-state index in [1.165, 1.54) is 5.56 Å². The van der Waals surface area contributed by atoms with Crippen molar-refractivity contribution in [3.8, 4) is 0 Å². The van der Waals surface area contributed by atoms with Crippen LogP contribution in [0.5, 0.6) is 0 Å². The van der Waals surface area contributed by atoms with E-state index in [4.69, 9.17) is 0 Å². The number of amides is 3. The summed E-state index contributed by atoms with van der Waals surface area (Å²) in [5, 5.41) is 5.47. The maximum atomic E-state index is 12.3. The molecule has 7 nitrogen and oxygen atoms in total. The van der Waals surface area contributed by atoms with Gasteiger partial charge in [0.25, 0.3) is 5.91 Å². The van der Waals surface area contributed by atoms with E-state index in [2.05, 4.69) is 39.8 Å². The Morgan fingerprint density at radius 2 is 1.71 bits per heavy atom. The molecule has 3 amide bonds. The number of benzene rings is 2. The highest BCUT2D eigenvalue weighted by molar-refractivity contribution is 5.98. The predicted molar refractivity (Wildman–Crippen MR) is 122 cm³/mol. The molecule has 0 bridgehead atoms. The number of nitrogens with zero attached hydrogens (tertiary/aromatic N) is 2. The first-order valence-electron chi connectivity index (χ1n) is 10.7. The maximum Gasteiger partial charge on any atom is 0.251 e. The molecule has 164 valence electrons. The van der Waals surface area contributed by atoms with Gasteiger partial charge in [-0.15, -0.1) is 0 Å². The van der Waals surface area contributed by atoms with Gasteiger partial charge in [-0.05, 0) is 61.2 Å². The monoisotopic (exact) mass is 422 g/mol. The fraction of sp³-hybridized carbons (Fsp3) is 0.375. The molecule has 3 rings (SSSR count). The minimum Gasteiger partial charge on any atom is -0.378 e. The van der Waals surface area contributed by atoms with Crippen LogP contribution in [0.25, 0.3) is 0 Å². The van der Waals surface area contributed by atoms with Crippen molar-refractivity contribution in [1.82, 2.24) is 10.6 Å². The predicted octanol–water partition coefficient (Wildman–Crippen LogP) is 2.36. The fourth-order valence-corrected chi connectivity index (χ4v) is 3.52. The normalized spacial score (nSPS) is 13.2. The zero-order valence-corrected chi connectivity index (χ0v) is 18.2. The first-order chi connectivity index (χ1) is 14.9. The molecule has 0 atom stereocenters. The molecule has 2 N–H and O–H groups in total. The fourth-order valence-electron chi connectivity index (χ4n) is 3.52. The second kappa shape index (κ2) is 10.6. The number of anilines is 2. The lowest BCUT2D eigenvalue weighted by molar-refractivity contribution is -0.120. The minimum absolute atomic E-state index is 0.0667. The Balaban J connectivity index is 1.35. The largest absolute Gasteiger partial charge is 0.378 e. The summed E-state index contributed by atoms with van der Waals surface area (Å²) in [7, 11) is 4.02. The number of hydrogen-bond acceptors (Lipinski definition) is 4. The van der Waals surface area contributed by atoms with Gasteiger partial charge in [-0.3, -0.25) is 14.4 Å². The van der Waals surface area contributed by atoms with Gasteiger partial charge in [-0.2, -0.15) is 0 Å². The third kappa shape index (κ3) is 6.31. The van der Waals surface area contributed by atoms with Crippen LogP contribution in [0.3, 0.4) is 0 Å². The molecule has 2 aromatic carbocycles. The van der Waals surface area contributed by atoms with Crippen LogP contribution in [0.15, 0.2) is 48.5 Å². The van der Waals surface area contributed by atoms with E-state index in [-0.39, 0.29) is 24.3 Å². The number of nitrogens with one attached hydrogen (secondary N) is 2. The average Bonchev–Trinajstić information content (AvgIpc) is 3.21. The van der Waals surface area contributed by atoms with Crippen molar-refractivity contribution < 1.29 is 14.4 Å². The van der Waals surface area contributed by atoms with Crippen LogP contribution >= 0.6 is 0 Å². The first-order valence-corrected chi connectivity index (χ1v) is 10.7. The number of carbonyl (C=O) groups excluding carboxylic acids is 3. The molecule has 0 radical (unpaired) electrons. The van der Waals surface area contributed by atoms with Crippen LogP contribution in [-0.2, 0) is 16.0 Å². The Hall–Kier alpha value is -3.35. The van der Waals surface area contributed by atoms with Crippen LogP contribution in [-0.4, -0.2) is 51.5 Å². The summed E-state index contributed by atoms with van der Waals surface area (Å²) >= 11 is 0. The molecule has 0 aliphatic carbocycles. The highest BCUT2D eigenvalue weighted by Gasteiger charge is 2.21. The lowest BCUT2D eigenvalue weighted by Gasteiger charge is -2.15. The van der Waals surface area contributed by atoms with Crippen LogP contribution in [0.1, 0.15) is 35.2 Å². The molecule has 0 saturated carbocycles. The summed E-state index contributed by atoms with van der Waals surface area (Å²) < 4.78 is 0. The van der Waals surface area contributed by atoms with Gasteiger partial charge in [0.1, 0.15) is 0 Å². The van der Waals surface area contributed by atoms with Crippen LogP contribution in [0, 0.1) is 0 Å². The number of hydrogen-bond donors (Lipinski definition) is 2. The van der Waals surface area contributed by atoms with E-state index in [0.29, 0.717) is 25.1 Å². The Morgan fingerprint density at radius 3 is 2.32 bits per heavy atom. The van der Waals surface area contributed by atoms with E-state index in [0.717, 1.165) is 30.6 Å². The van der Waals surface area contributed by atoms with Crippen molar-refractivity contribution in [2.24, 2.45) is 0 Å². The zero-order valence-electron chi connectivity index (χ0n) is 18.2. The summed E-state index contributed by atoms with van der Waals surface area (Å²) in [5.41, 5.74) is 3.65. The molecule has 2 aromatic rings. The standard InChI is InChI=1S/C24H30N4O3/c1-27(2)20-11-7-18(8-12-20)5-3-15-25-22(29)17-26-24(31)19-9-13-21(14-10-19)28-16-4-6-23(28)30/h7-14H,3-6,15-17H2,1-2H3,(H,25,29)(H,26,31). The van der Waals surface area contributed by atoms with Gasteiger partial charge < -0.3 is 20.4 Å². The molecule has 31 heavy (non-hydrogen) atoms. The smallest absolute Gasteiger partial charge is 0.251 e. The average molecular weight is 423 g/mol. The van der Waals surface area contributed by atoms with Gasteiger partial charge in [0, 0.05) is 50.5 Å². The minimum atomic E-state index is -0.310. The van der Waals surface area contributed by atoms with Gasteiger partial charge in [0.15, 0.2) is 0 Å². The van der Waals surface area contributed by atoms with E-state index < -0.39 is 0 Å². The number of carbonyl (C=O) groups is 3. The highest BCUT2D eigenvalue weighted by Crippen LogP contribution is 2.21. The van der Waals surface area contributed by atoms with Gasteiger partial charge >= 0.3 is 0 Å². The van der Waals surface area contributed by atoms with Crippen LogP contribution < -0.4 is 20.4 Å². The van der Waals surface area contributed by atoms with Crippen molar-refractivity contribution in [2.75, 3.05) is 43.5 Å². The first kappa shape index (κ1) is 22.3. The van der Waals surface area contributed by atoms with Crippen molar-refractivity contribution >= 4 is 29.1 Å². The Bertz CT molecular complexity index is 907. The summed E-state index contributed by atoms with van der Waals surface area (Å²) in [5.74, 6) is -0.412. The summed E-state index contributed by atoms with van der Waals surface area (Å²) in [4.78, 5) is 39.8. The summed E-state index contributed by atoms with van der Waals surface area (Å²) in [6.45, 7) is 1.21. The van der Waals surface area contributed by atoms with Gasteiger partial charge in [-0.25, -0.2) is 0 Å². The molecule has 1 fully saturated rings. The van der Waals surface area contributed by atoms with Crippen molar-refractivity contribution in [2.45, 2.75) is 25.7 Å². The van der Waals surface area contributed by atoms with Crippen molar-refractivity contribution in [1.29, 1.82) is 0 Å². The Morgan fingerprint density at radius 1 is 1.00 bits per heavy atom. The molecular weight excluding hydrogens is 392 g/mol. The third-order valence-corrected chi connectivity index (χ3v) is 5.34. The molecule has 0 spiro atoms. The Labute approximate surface area is 183 Å². The van der Waals surface area contributed by atoms with E-state index in [1.807, 2.05) is 14.1 Å². The molecule has 1 heterocycles. The third-order valence-electron chi connectivity index (χ3n) is 5.34. The van der Waals surface area contributed by atoms with E-state index in [9.17, 15) is 14.4 Å². The van der Waals surface area contributed by atoms with E-state index in [1.54, 1.807) is 29.2 Å². The van der Waals surface area contributed by atoms with E-state index >= 15 is 0 Å². The maximum absolute atomic E-state index is 12.3. The quantitative estimate of drug-likeness (QED) is 0.608. The molecular formula is C24H30N4O3. The second-order valence-corrected chi connectivity index (χ2v) is 7.89. The lowest BCUT2D eigenvalue weighted by atomic mass is 10.1. The molecule has 1 aliphatic heterocycles. The molecule has 7 heteroatoms. The van der Waals surface area contributed by atoms with Gasteiger partial charge in [0.2, 0.25) is 11.8 Å². The highest BCUT2D eigenvalue weighted by atomic mass is 16.2. The van der Waals surface area contributed by atoms with Crippen molar-refractivity contribution in [3.63, 3.8) is 0 Å². The Kier molecular flexibility index (Phi) is 7.65.